The molecule has 1 aliphatic rings. The summed E-state index contributed by atoms with van der Waals surface area (Å²) in [7, 11) is 1.78. The Bertz CT molecular complexity index is 407. The number of hydrogen-bond acceptors (Lipinski definition) is 2. The molecule has 0 saturated heterocycles. The molecule has 0 bridgehead atoms. The SMILES string of the molecule is CN(C(=O)c1cc[nH]c(=O)c1)C1CC1. The molecule has 0 radical (unpaired) electrons. The van der Waals surface area contributed by atoms with Crippen molar-refractivity contribution in [1.29, 1.82) is 0 Å². The highest BCUT2D eigenvalue weighted by atomic mass is 16.2. The van der Waals surface area contributed by atoms with Gasteiger partial charge in [0.05, 0.1) is 0 Å². The third kappa shape index (κ3) is 1.69. The van der Waals surface area contributed by atoms with Crippen LogP contribution in [-0.4, -0.2) is 28.9 Å². The first kappa shape index (κ1) is 8.99. The fourth-order valence-electron chi connectivity index (χ4n) is 1.41. The molecule has 74 valence electrons. The van der Waals surface area contributed by atoms with E-state index in [2.05, 4.69) is 4.98 Å². The summed E-state index contributed by atoms with van der Waals surface area (Å²) in [5.41, 5.74) is 0.225. The lowest BCUT2D eigenvalue weighted by atomic mass is 10.2. The van der Waals surface area contributed by atoms with Crippen molar-refractivity contribution >= 4 is 5.91 Å². The van der Waals surface area contributed by atoms with E-state index in [4.69, 9.17) is 0 Å². The van der Waals surface area contributed by atoms with Crippen molar-refractivity contribution in [3.8, 4) is 0 Å². The summed E-state index contributed by atoms with van der Waals surface area (Å²) in [5.74, 6) is -0.0707. The Kier molecular flexibility index (Phi) is 2.11. The molecule has 1 aromatic rings. The van der Waals surface area contributed by atoms with E-state index in [1.165, 1.54) is 12.3 Å². The Hall–Kier alpha value is -1.58. The molecule has 2 rings (SSSR count). The Morgan fingerprint density at radius 3 is 2.86 bits per heavy atom. The largest absolute Gasteiger partial charge is 0.339 e. The monoisotopic (exact) mass is 192 g/mol. The van der Waals surface area contributed by atoms with Crippen LogP contribution in [0.15, 0.2) is 23.1 Å². The van der Waals surface area contributed by atoms with Gasteiger partial charge in [0.25, 0.3) is 5.91 Å². The molecule has 14 heavy (non-hydrogen) atoms. The van der Waals surface area contributed by atoms with Gasteiger partial charge in [0.2, 0.25) is 5.56 Å². The second kappa shape index (κ2) is 3.29. The molecule has 0 spiro atoms. The lowest BCUT2D eigenvalue weighted by Crippen LogP contribution is -2.29. The maximum absolute atomic E-state index is 11.8. The number of amides is 1. The van der Waals surface area contributed by atoms with Gasteiger partial charge in [-0.3, -0.25) is 9.59 Å². The first-order valence-electron chi connectivity index (χ1n) is 4.64. The number of rotatable bonds is 2. The third-order valence-corrected chi connectivity index (χ3v) is 2.44. The molecule has 1 fully saturated rings. The number of hydrogen-bond donors (Lipinski definition) is 1. The molecule has 0 unspecified atom stereocenters. The summed E-state index contributed by atoms with van der Waals surface area (Å²) in [4.78, 5) is 26.9. The van der Waals surface area contributed by atoms with Crippen LogP contribution in [0.2, 0.25) is 0 Å². The van der Waals surface area contributed by atoms with Crippen molar-refractivity contribution in [1.82, 2.24) is 9.88 Å². The van der Waals surface area contributed by atoms with Crippen LogP contribution < -0.4 is 5.56 Å². The molecule has 1 amide bonds. The Morgan fingerprint density at radius 1 is 1.57 bits per heavy atom. The van der Waals surface area contributed by atoms with E-state index in [0.29, 0.717) is 11.6 Å². The number of carbonyl (C=O) groups is 1. The summed E-state index contributed by atoms with van der Waals surface area (Å²) in [6, 6.07) is 3.34. The van der Waals surface area contributed by atoms with E-state index in [1.807, 2.05) is 0 Å². The standard InChI is InChI=1S/C10H12N2O2/c1-12(8-2-3-8)10(14)7-4-5-11-9(13)6-7/h4-6,8H,2-3H2,1H3,(H,11,13). The van der Waals surface area contributed by atoms with Gasteiger partial charge in [0.15, 0.2) is 0 Å². The Morgan fingerprint density at radius 2 is 2.29 bits per heavy atom. The van der Waals surface area contributed by atoms with Crippen LogP contribution in [0.4, 0.5) is 0 Å². The molecule has 4 nitrogen and oxygen atoms in total. The van der Waals surface area contributed by atoms with Crippen molar-refractivity contribution in [2.45, 2.75) is 18.9 Å². The van der Waals surface area contributed by atoms with Gasteiger partial charge in [0, 0.05) is 30.9 Å². The van der Waals surface area contributed by atoms with Crippen molar-refractivity contribution < 1.29 is 4.79 Å². The lowest BCUT2D eigenvalue weighted by molar-refractivity contribution is 0.0785. The van der Waals surface area contributed by atoms with Gasteiger partial charge in [0.1, 0.15) is 0 Å². The van der Waals surface area contributed by atoms with Gasteiger partial charge in [-0.05, 0) is 18.9 Å². The Labute approximate surface area is 81.6 Å². The van der Waals surface area contributed by atoms with Gasteiger partial charge in [-0.15, -0.1) is 0 Å². The minimum Gasteiger partial charge on any atom is -0.339 e. The van der Waals surface area contributed by atoms with E-state index in [0.717, 1.165) is 12.8 Å². The number of nitrogens with one attached hydrogen (secondary N) is 1. The molecule has 1 N–H and O–H groups in total. The average Bonchev–Trinajstić information content (AvgIpc) is 2.99. The number of nitrogens with zero attached hydrogens (tertiary/aromatic N) is 1. The van der Waals surface area contributed by atoms with Crippen LogP contribution in [0.3, 0.4) is 0 Å². The molecule has 1 saturated carbocycles. The maximum Gasteiger partial charge on any atom is 0.254 e. The highest BCUT2D eigenvalue weighted by molar-refractivity contribution is 5.94. The zero-order valence-corrected chi connectivity index (χ0v) is 7.99. The first-order chi connectivity index (χ1) is 6.68. The highest BCUT2D eigenvalue weighted by Crippen LogP contribution is 2.26. The summed E-state index contributed by atoms with van der Waals surface area (Å²) in [6.07, 6.45) is 3.65. The molecule has 0 aliphatic heterocycles. The molecule has 0 aromatic carbocycles. The van der Waals surface area contributed by atoms with Crippen molar-refractivity contribution in [3.63, 3.8) is 0 Å². The first-order valence-corrected chi connectivity index (χ1v) is 4.64. The molecule has 1 heterocycles. The lowest BCUT2D eigenvalue weighted by Gasteiger charge is -2.15. The van der Waals surface area contributed by atoms with Crippen LogP contribution >= 0.6 is 0 Å². The zero-order chi connectivity index (χ0) is 10.1. The fraction of sp³-hybridized carbons (Fsp3) is 0.400. The Balaban J connectivity index is 2.21. The second-order valence-corrected chi connectivity index (χ2v) is 3.59. The van der Waals surface area contributed by atoms with Crippen LogP contribution in [0.1, 0.15) is 23.2 Å². The normalized spacial score (nSPS) is 15.2. The molecular weight excluding hydrogens is 180 g/mol. The molecular formula is C10H12N2O2. The summed E-state index contributed by atoms with van der Waals surface area (Å²) < 4.78 is 0. The van der Waals surface area contributed by atoms with Crippen molar-refractivity contribution in [3.05, 3.63) is 34.2 Å². The highest BCUT2D eigenvalue weighted by Gasteiger charge is 2.29. The predicted molar refractivity (Wildman–Crippen MR) is 52.2 cm³/mol. The van der Waals surface area contributed by atoms with Gasteiger partial charge < -0.3 is 9.88 Å². The number of carbonyl (C=O) groups excluding carboxylic acids is 1. The van der Waals surface area contributed by atoms with Gasteiger partial charge >= 0.3 is 0 Å². The number of aromatic nitrogens is 1. The van der Waals surface area contributed by atoms with Gasteiger partial charge in [-0.2, -0.15) is 0 Å². The number of pyridine rings is 1. The van der Waals surface area contributed by atoms with E-state index in [-0.39, 0.29) is 11.5 Å². The van der Waals surface area contributed by atoms with Crippen LogP contribution in [-0.2, 0) is 0 Å². The average molecular weight is 192 g/mol. The van der Waals surface area contributed by atoms with Crippen LogP contribution in [0, 0.1) is 0 Å². The molecule has 1 aromatic heterocycles. The second-order valence-electron chi connectivity index (χ2n) is 3.59. The zero-order valence-electron chi connectivity index (χ0n) is 7.99. The van der Waals surface area contributed by atoms with Crippen molar-refractivity contribution in [2.75, 3.05) is 7.05 Å². The number of aromatic amines is 1. The van der Waals surface area contributed by atoms with Crippen LogP contribution in [0.25, 0.3) is 0 Å². The quantitative estimate of drug-likeness (QED) is 0.746. The van der Waals surface area contributed by atoms with Gasteiger partial charge in [-0.25, -0.2) is 0 Å². The fourth-order valence-corrected chi connectivity index (χ4v) is 1.41. The van der Waals surface area contributed by atoms with E-state index in [9.17, 15) is 9.59 Å². The smallest absolute Gasteiger partial charge is 0.254 e. The minimum absolute atomic E-state index is 0.0707. The minimum atomic E-state index is -0.236. The molecule has 4 heteroatoms. The number of H-pyrrole nitrogens is 1. The van der Waals surface area contributed by atoms with E-state index < -0.39 is 0 Å². The third-order valence-electron chi connectivity index (χ3n) is 2.44. The summed E-state index contributed by atoms with van der Waals surface area (Å²) in [5, 5.41) is 0. The van der Waals surface area contributed by atoms with Gasteiger partial charge in [-0.1, -0.05) is 0 Å². The van der Waals surface area contributed by atoms with E-state index in [1.54, 1.807) is 18.0 Å². The summed E-state index contributed by atoms with van der Waals surface area (Å²) >= 11 is 0. The van der Waals surface area contributed by atoms with E-state index >= 15 is 0 Å². The molecule has 0 atom stereocenters. The predicted octanol–water partition coefficient (Wildman–Crippen LogP) is 0.609. The van der Waals surface area contributed by atoms with Crippen molar-refractivity contribution in [2.24, 2.45) is 0 Å². The maximum atomic E-state index is 11.8. The van der Waals surface area contributed by atoms with Crippen LogP contribution in [0.5, 0.6) is 0 Å². The molecule has 1 aliphatic carbocycles. The topological polar surface area (TPSA) is 53.2 Å². The summed E-state index contributed by atoms with van der Waals surface area (Å²) in [6.45, 7) is 0.